The molecule has 0 aliphatic heterocycles. The molecule has 4 aromatic rings. The molecular weight excluding hydrogens is 446 g/mol. The Balaban J connectivity index is 1.67. The van der Waals surface area contributed by atoms with Gasteiger partial charge in [0.2, 0.25) is 5.91 Å². The molecule has 0 unspecified atom stereocenters. The first-order chi connectivity index (χ1) is 15.5. The van der Waals surface area contributed by atoms with E-state index in [2.05, 4.69) is 10.3 Å². The predicted octanol–water partition coefficient (Wildman–Crippen LogP) is 5.09. The number of carbonyl (C=O) groups is 1. The molecule has 1 aromatic heterocycles. The van der Waals surface area contributed by atoms with Crippen molar-refractivity contribution >= 4 is 45.9 Å². The molecule has 8 heteroatoms. The van der Waals surface area contributed by atoms with Gasteiger partial charge >= 0.3 is 0 Å². The number of rotatable bonds is 6. The van der Waals surface area contributed by atoms with Gasteiger partial charge in [0.15, 0.2) is 5.16 Å². The van der Waals surface area contributed by atoms with Crippen molar-refractivity contribution in [2.45, 2.75) is 12.1 Å². The fraction of sp³-hybridized carbons (Fsp3) is 0.125. The van der Waals surface area contributed by atoms with Crippen molar-refractivity contribution in [3.63, 3.8) is 0 Å². The number of amides is 1. The summed E-state index contributed by atoms with van der Waals surface area (Å²) in [6, 6.07) is 19.6. The molecule has 0 spiro atoms. The molecule has 4 rings (SSSR count). The van der Waals surface area contributed by atoms with E-state index in [9.17, 15) is 9.59 Å². The van der Waals surface area contributed by atoms with E-state index in [1.807, 2.05) is 19.1 Å². The van der Waals surface area contributed by atoms with Crippen LogP contribution >= 0.6 is 23.4 Å². The highest BCUT2D eigenvalue weighted by Gasteiger charge is 2.17. The van der Waals surface area contributed by atoms with Crippen LogP contribution in [0, 0.1) is 6.92 Å². The number of nitrogens with one attached hydrogen (secondary N) is 1. The molecule has 1 amide bonds. The van der Waals surface area contributed by atoms with Crippen LogP contribution < -0.4 is 15.6 Å². The number of para-hydroxylation sites is 1. The first kappa shape index (κ1) is 21.9. The van der Waals surface area contributed by atoms with Gasteiger partial charge in [-0.05, 0) is 61.0 Å². The molecular formula is C24H20ClN3O3S. The van der Waals surface area contributed by atoms with Gasteiger partial charge in [0.05, 0.1) is 29.5 Å². The van der Waals surface area contributed by atoms with Crippen molar-refractivity contribution in [3.8, 4) is 11.4 Å². The number of aromatic nitrogens is 2. The minimum atomic E-state index is -0.211. The highest BCUT2D eigenvalue weighted by Crippen LogP contribution is 2.26. The molecule has 32 heavy (non-hydrogen) atoms. The zero-order valence-electron chi connectivity index (χ0n) is 17.5. The Labute approximate surface area is 194 Å². The number of anilines is 1. The van der Waals surface area contributed by atoms with Crippen LogP contribution in [0.3, 0.4) is 0 Å². The lowest BCUT2D eigenvalue weighted by Crippen LogP contribution is -2.23. The third-order valence-corrected chi connectivity index (χ3v) is 6.28. The van der Waals surface area contributed by atoms with Crippen LogP contribution in [0.2, 0.25) is 5.02 Å². The Morgan fingerprint density at radius 2 is 1.84 bits per heavy atom. The van der Waals surface area contributed by atoms with Gasteiger partial charge in [-0.15, -0.1) is 0 Å². The lowest BCUT2D eigenvalue weighted by Gasteiger charge is -2.15. The van der Waals surface area contributed by atoms with E-state index in [1.54, 1.807) is 61.7 Å². The van der Waals surface area contributed by atoms with Gasteiger partial charge in [-0.3, -0.25) is 14.2 Å². The molecule has 6 nitrogen and oxygen atoms in total. The van der Waals surface area contributed by atoms with Crippen molar-refractivity contribution in [2.24, 2.45) is 0 Å². The number of nitrogens with zero attached hydrogens (tertiary/aromatic N) is 2. The molecule has 0 saturated carbocycles. The van der Waals surface area contributed by atoms with E-state index in [0.29, 0.717) is 38.2 Å². The molecule has 0 atom stereocenters. The summed E-state index contributed by atoms with van der Waals surface area (Å²) in [5.74, 6) is 0.576. The number of halogens is 1. The number of thioether (sulfide) groups is 1. The fourth-order valence-corrected chi connectivity index (χ4v) is 4.24. The van der Waals surface area contributed by atoms with Crippen LogP contribution in [0.1, 0.15) is 5.56 Å². The number of hydrogen-bond donors (Lipinski definition) is 1. The van der Waals surface area contributed by atoms with Crippen molar-refractivity contribution in [1.82, 2.24) is 9.55 Å². The summed E-state index contributed by atoms with van der Waals surface area (Å²) >= 11 is 7.50. The normalized spacial score (nSPS) is 10.8. The van der Waals surface area contributed by atoms with E-state index in [4.69, 9.17) is 16.3 Å². The van der Waals surface area contributed by atoms with Gasteiger partial charge in [-0.25, -0.2) is 4.98 Å². The maximum Gasteiger partial charge on any atom is 0.266 e. The van der Waals surface area contributed by atoms with Gasteiger partial charge in [-0.1, -0.05) is 41.6 Å². The SMILES string of the molecule is COc1ccc(NC(=O)CSc2nc3ccccc3c(=O)n2-c2cccc(Cl)c2C)cc1. The van der Waals surface area contributed by atoms with Crippen LogP contribution in [0.4, 0.5) is 5.69 Å². The number of carbonyl (C=O) groups excluding carboxylic acids is 1. The van der Waals surface area contributed by atoms with Gasteiger partial charge in [0, 0.05) is 10.7 Å². The summed E-state index contributed by atoms with van der Waals surface area (Å²) in [5, 5.41) is 4.31. The minimum absolute atomic E-state index is 0.0798. The molecule has 0 bridgehead atoms. The summed E-state index contributed by atoms with van der Waals surface area (Å²) < 4.78 is 6.65. The summed E-state index contributed by atoms with van der Waals surface area (Å²) in [6.07, 6.45) is 0. The molecule has 0 radical (unpaired) electrons. The largest absolute Gasteiger partial charge is 0.497 e. The number of ether oxygens (including phenoxy) is 1. The van der Waals surface area contributed by atoms with Crippen LogP contribution in [-0.2, 0) is 4.79 Å². The fourth-order valence-electron chi connectivity index (χ4n) is 3.26. The Kier molecular flexibility index (Phi) is 6.48. The van der Waals surface area contributed by atoms with Crippen LogP contribution in [0.5, 0.6) is 5.75 Å². The lowest BCUT2D eigenvalue weighted by atomic mass is 10.2. The Bertz CT molecular complexity index is 1350. The second-order valence-corrected chi connectivity index (χ2v) is 8.35. The third-order valence-electron chi connectivity index (χ3n) is 4.93. The molecule has 162 valence electrons. The quantitative estimate of drug-likeness (QED) is 0.317. The third kappa shape index (κ3) is 4.49. The Morgan fingerprint density at radius 3 is 2.59 bits per heavy atom. The van der Waals surface area contributed by atoms with Gasteiger partial charge in [-0.2, -0.15) is 0 Å². The summed E-state index contributed by atoms with van der Waals surface area (Å²) in [5.41, 5.74) is 2.42. The van der Waals surface area contributed by atoms with E-state index < -0.39 is 0 Å². The van der Waals surface area contributed by atoms with Gasteiger partial charge in [0.25, 0.3) is 5.56 Å². The highest BCUT2D eigenvalue weighted by atomic mass is 35.5. The van der Waals surface area contributed by atoms with E-state index >= 15 is 0 Å². The molecule has 0 aliphatic rings. The average molecular weight is 466 g/mol. The van der Waals surface area contributed by atoms with E-state index in [0.717, 1.165) is 5.56 Å². The van der Waals surface area contributed by atoms with E-state index in [-0.39, 0.29) is 17.2 Å². The summed E-state index contributed by atoms with van der Waals surface area (Å²) in [4.78, 5) is 30.6. The molecule has 0 fully saturated rings. The number of fused-ring (bicyclic) bond motifs is 1. The zero-order valence-corrected chi connectivity index (χ0v) is 19.0. The minimum Gasteiger partial charge on any atom is -0.497 e. The molecule has 1 N–H and O–H groups in total. The number of methoxy groups -OCH3 is 1. The van der Waals surface area contributed by atoms with Crippen LogP contribution in [-0.4, -0.2) is 28.3 Å². The first-order valence-electron chi connectivity index (χ1n) is 9.82. The van der Waals surface area contributed by atoms with Crippen molar-refractivity contribution in [2.75, 3.05) is 18.2 Å². The molecule has 3 aromatic carbocycles. The molecule has 0 aliphatic carbocycles. The topological polar surface area (TPSA) is 73.2 Å². The first-order valence-corrected chi connectivity index (χ1v) is 11.2. The average Bonchev–Trinajstić information content (AvgIpc) is 2.80. The second kappa shape index (κ2) is 9.46. The van der Waals surface area contributed by atoms with Crippen molar-refractivity contribution in [1.29, 1.82) is 0 Å². The summed E-state index contributed by atoms with van der Waals surface area (Å²) in [7, 11) is 1.59. The standard InChI is InChI=1S/C24H20ClN3O3S/c1-15-19(25)7-5-9-21(15)28-23(30)18-6-3-4-8-20(18)27-24(28)32-14-22(29)26-16-10-12-17(31-2)13-11-16/h3-13H,14H2,1-2H3,(H,26,29). The second-order valence-electron chi connectivity index (χ2n) is 7.00. The van der Waals surface area contributed by atoms with Gasteiger partial charge < -0.3 is 10.1 Å². The summed E-state index contributed by atoms with van der Waals surface area (Å²) in [6.45, 7) is 1.85. The van der Waals surface area contributed by atoms with E-state index in [1.165, 1.54) is 16.3 Å². The number of hydrogen-bond acceptors (Lipinski definition) is 5. The van der Waals surface area contributed by atoms with Crippen LogP contribution in [0.25, 0.3) is 16.6 Å². The van der Waals surface area contributed by atoms with Crippen LogP contribution in [0.15, 0.2) is 76.7 Å². The smallest absolute Gasteiger partial charge is 0.266 e. The maximum absolute atomic E-state index is 13.4. The predicted molar refractivity (Wildman–Crippen MR) is 129 cm³/mol. The highest BCUT2D eigenvalue weighted by molar-refractivity contribution is 7.99. The van der Waals surface area contributed by atoms with Crippen molar-refractivity contribution in [3.05, 3.63) is 87.7 Å². The van der Waals surface area contributed by atoms with Gasteiger partial charge in [0.1, 0.15) is 5.75 Å². The lowest BCUT2D eigenvalue weighted by molar-refractivity contribution is -0.113. The monoisotopic (exact) mass is 465 g/mol. The molecule has 1 heterocycles. The Hall–Kier alpha value is -3.29. The number of benzene rings is 3. The maximum atomic E-state index is 13.4. The zero-order chi connectivity index (χ0) is 22.7. The van der Waals surface area contributed by atoms with Crippen molar-refractivity contribution < 1.29 is 9.53 Å². The Morgan fingerprint density at radius 1 is 1.09 bits per heavy atom. The molecule has 0 saturated heterocycles.